The van der Waals surface area contributed by atoms with Crippen molar-refractivity contribution in [1.82, 2.24) is 0 Å². The minimum atomic E-state index is 0.333. The Morgan fingerprint density at radius 3 is 1.45 bits per heavy atom. The molecule has 20 heavy (non-hydrogen) atoms. The highest BCUT2D eigenvalue weighted by atomic mass is 16.3. The second kappa shape index (κ2) is 13.9. The molecule has 0 rings (SSSR count). The summed E-state index contributed by atoms with van der Waals surface area (Å²) >= 11 is 0. The van der Waals surface area contributed by atoms with Crippen molar-refractivity contribution in [3.05, 3.63) is 0 Å². The highest BCUT2D eigenvalue weighted by Gasteiger charge is 2.21. The van der Waals surface area contributed by atoms with Gasteiger partial charge in [0.15, 0.2) is 0 Å². The van der Waals surface area contributed by atoms with Crippen LogP contribution in [0.15, 0.2) is 0 Å². The molecular formula is C18H40NO+. The van der Waals surface area contributed by atoms with Crippen LogP contribution < -0.4 is 0 Å². The molecule has 0 heterocycles. The number of aliphatic hydroxyl groups excluding tert-OH is 1. The Hall–Kier alpha value is -0.0800. The molecule has 0 unspecified atom stereocenters. The van der Waals surface area contributed by atoms with Crippen LogP contribution in [0.3, 0.4) is 0 Å². The van der Waals surface area contributed by atoms with Gasteiger partial charge in [0, 0.05) is 0 Å². The summed E-state index contributed by atoms with van der Waals surface area (Å²) in [4.78, 5) is 0. The molecule has 0 spiro atoms. The molecule has 0 fully saturated rings. The first kappa shape index (κ1) is 19.9. The number of rotatable bonds is 15. The maximum Gasteiger partial charge on any atom is 0.102 e. The second-order valence-electron chi connectivity index (χ2n) is 6.33. The average Bonchev–Trinajstić information content (AvgIpc) is 2.48. The zero-order chi connectivity index (χ0) is 15.1. The van der Waals surface area contributed by atoms with Crippen molar-refractivity contribution < 1.29 is 9.59 Å². The van der Waals surface area contributed by atoms with Crippen LogP contribution in [0.2, 0.25) is 0 Å². The van der Waals surface area contributed by atoms with E-state index in [-0.39, 0.29) is 0 Å². The Labute approximate surface area is 128 Å². The van der Waals surface area contributed by atoms with E-state index in [1.807, 2.05) is 0 Å². The Balaban J connectivity index is 3.45. The molecule has 0 aromatic carbocycles. The van der Waals surface area contributed by atoms with E-state index in [0.717, 1.165) is 24.1 Å². The zero-order valence-corrected chi connectivity index (χ0v) is 14.5. The van der Waals surface area contributed by atoms with Crippen LogP contribution >= 0.6 is 0 Å². The Morgan fingerprint density at radius 2 is 1.05 bits per heavy atom. The predicted molar refractivity (Wildman–Crippen MR) is 90.0 cm³/mol. The topological polar surface area (TPSA) is 20.2 Å². The van der Waals surface area contributed by atoms with Gasteiger partial charge < -0.3 is 9.59 Å². The van der Waals surface area contributed by atoms with Gasteiger partial charge in [-0.2, -0.15) is 0 Å². The summed E-state index contributed by atoms with van der Waals surface area (Å²) < 4.78 is 1.10. The Bertz CT molecular complexity index is 190. The van der Waals surface area contributed by atoms with Crippen molar-refractivity contribution in [2.75, 3.05) is 32.8 Å². The fourth-order valence-corrected chi connectivity index (χ4v) is 3.11. The van der Waals surface area contributed by atoms with Crippen molar-refractivity contribution in [2.24, 2.45) is 0 Å². The first-order chi connectivity index (χ1) is 9.74. The molecule has 0 aromatic rings. The first-order valence-corrected chi connectivity index (χ1v) is 9.20. The van der Waals surface area contributed by atoms with Crippen molar-refractivity contribution in [3.8, 4) is 0 Å². The maximum atomic E-state index is 9.21. The SMILES string of the molecule is CCCCCCCCCCCC[N+](CC)(CC)CCO. The van der Waals surface area contributed by atoms with E-state index in [1.54, 1.807) is 0 Å². The fourth-order valence-electron chi connectivity index (χ4n) is 3.11. The summed E-state index contributed by atoms with van der Waals surface area (Å²) in [5, 5.41) is 9.21. The zero-order valence-electron chi connectivity index (χ0n) is 14.5. The molecule has 0 aromatic heterocycles. The lowest BCUT2D eigenvalue weighted by atomic mass is 10.1. The summed E-state index contributed by atoms with van der Waals surface area (Å²) in [6, 6.07) is 0. The van der Waals surface area contributed by atoms with Crippen LogP contribution in [0.4, 0.5) is 0 Å². The lowest BCUT2D eigenvalue weighted by molar-refractivity contribution is -0.925. The molecular weight excluding hydrogens is 246 g/mol. The van der Waals surface area contributed by atoms with E-state index < -0.39 is 0 Å². The quantitative estimate of drug-likeness (QED) is 0.340. The van der Waals surface area contributed by atoms with E-state index in [2.05, 4.69) is 20.8 Å². The second-order valence-corrected chi connectivity index (χ2v) is 6.33. The summed E-state index contributed by atoms with van der Waals surface area (Å²) in [6.45, 7) is 11.6. The van der Waals surface area contributed by atoms with Gasteiger partial charge in [-0.3, -0.25) is 0 Å². The van der Waals surface area contributed by atoms with E-state index in [0.29, 0.717) is 6.61 Å². The molecule has 0 amide bonds. The fraction of sp³-hybridized carbons (Fsp3) is 1.00. The van der Waals surface area contributed by atoms with Crippen molar-refractivity contribution in [2.45, 2.75) is 85.0 Å². The van der Waals surface area contributed by atoms with Gasteiger partial charge in [0.1, 0.15) is 6.54 Å². The largest absolute Gasteiger partial charge is 0.391 e. The van der Waals surface area contributed by atoms with Crippen LogP contribution in [-0.4, -0.2) is 42.4 Å². The average molecular weight is 287 g/mol. The summed E-state index contributed by atoms with van der Waals surface area (Å²) in [7, 11) is 0. The van der Waals surface area contributed by atoms with E-state index in [1.165, 1.54) is 70.8 Å². The molecule has 2 nitrogen and oxygen atoms in total. The first-order valence-electron chi connectivity index (χ1n) is 9.20. The molecule has 0 aliphatic rings. The molecule has 0 aliphatic heterocycles. The number of quaternary nitrogens is 1. The molecule has 0 radical (unpaired) electrons. The van der Waals surface area contributed by atoms with E-state index in [4.69, 9.17) is 0 Å². The lowest BCUT2D eigenvalue weighted by Gasteiger charge is -2.36. The van der Waals surface area contributed by atoms with Gasteiger partial charge in [-0.05, 0) is 26.7 Å². The molecule has 0 bridgehead atoms. The number of nitrogens with zero attached hydrogens (tertiary/aromatic N) is 1. The van der Waals surface area contributed by atoms with Crippen LogP contribution in [0, 0.1) is 0 Å². The molecule has 0 aliphatic carbocycles. The van der Waals surface area contributed by atoms with Crippen LogP contribution in [0.25, 0.3) is 0 Å². The van der Waals surface area contributed by atoms with Gasteiger partial charge in [-0.25, -0.2) is 0 Å². The minimum absolute atomic E-state index is 0.333. The summed E-state index contributed by atoms with van der Waals surface area (Å²) in [5.41, 5.74) is 0. The number of hydrogen-bond donors (Lipinski definition) is 1. The van der Waals surface area contributed by atoms with E-state index >= 15 is 0 Å². The Kier molecular flexibility index (Phi) is 13.8. The Morgan fingerprint density at radius 1 is 0.600 bits per heavy atom. The molecule has 0 saturated carbocycles. The smallest absolute Gasteiger partial charge is 0.102 e. The summed E-state index contributed by atoms with van der Waals surface area (Å²) in [6.07, 6.45) is 14.0. The normalized spacial score (nSPS) is 12.0. The van der Waals surface area contributed by atoms with Crippen LogP contribution in [0.1, 0.15) is 85.0 Å². The predicted octanol–water partition coefficient (Wildman–Crippen LogP) is 4.76. The number of hydrogen-bond acceptors (Lipinski definition) is 1. The van der Waals surface area contributed by atoms with Crippen molar-refractivity contribution >= 4 is 0 Å². The van der Waals surface area contributed by atoms with Gasteiger partial charge in [0.05, 0.1) is 26.2 Å². The van der Waals surface area contributed by atoms with Gasteiger partial charge in [0.2, 0.25) is 0 Å². The van der Waals surface area contributed by atoms with Gasteiger partial charge in [-0.15, -0.1) is 0 Å². The monoisotopic (exact) mass is 286 g/mol. The molecule has 2 heteroatoms. The highest BCUT2D eigenvalue weighted by molar-refractivity contribution is 4.49. The molecule has 0 saturated heterocycles. The lowest BCUT2D eigenvalue weighted by Crippen LogP contribution is -2.50. The third-order valence-corrected chi connectivity index (χ3v) is 4.90. The van der Waals surface area contributed by atoms with Gasteiger partial charge in [-0.1, -0.05) is 58.3 Å². The van der Waals surface area contributed by atoms with E-state index in [9.17, 15) is 5.11 Å². The molecule has 0 atom stereocenters. The highest BCUT2D eigenvalue weighted by Crippen LogP contribution is 2.13. The summed E-state index contributed by atoms with van der Waals surface area (Å²) in [5.74, 6) is 0. The maximum absolute atomic E-state index is 9.21. The number of aliphatic hydroxyl groups is 1. The number of likely N-dealkylation sites (N-methyl/N-ethyl adjacent to an activating group) is 1. The molecule has 1 N–H and O–H groups in total. The van der Waals surface area contributed by atoms with Gasteiger partial charge >= 0.3 is 0 Å². The third kappa shape index (κ3) is 9.77. The minimum Gasteiger partial charge on any atom is -0.391 e. The third-order valence-electron chi connectivity index (χ3n) is 4.90. The number of unbranched alkanes of at least 4 members (excludes halogenated alkanes) is 9. The standard InChI is InChI=1S/C18H40NO/c1-4-7-8-9-10-11-12-13-14-15-16-19(5-2,6-3)17-18-20/h20H,4-18H2,1-3H3/q+1. The van der Waals surface area contributed by atoms with Crippen molar-refractivity contribution in [1.29, 1.82) is 0 Å². The van der Waals surface area contributed by atoms with Gasteiger partial charge in [0.25, 0.3) is 0 Å². The molecule has 122 valence electrons. The van der Waals surface area contributed by atoms with Crippen LogP contribution in [-0.2, 0) is 0 Å². The van der Waals surface area contributed by atoms with Crippen LogP contribution in [0.5, 0.6) is 0 Å². The van der Waals surface area contributed by atoms with Crippen molar-refractivity contribution in [3.63, 3.8) is 0 Å².